The summed E-state index contributed by atoms with van der Waals surface area (Å²) >= 11 is 0. The Bertz CT molecular complexity index is 656. The predicted molar refractivity (Wildman–Crippen MR) is 73.9 cm³/mol. The fourth-order valence-electron chi connectivity index (χ4n) is 1.84. The first-order valence-corrected chi connectivity index (χ1v) is 6.26. The minimum absolute atomic E-state index is 0.0625. The van der Waals surface area contributed by atoms with Crippen molar-refractivity contribution in [2.45, 2.75) is 26.1 Å². The van der Waals surface area contributed by atoms with E-state index in [1.165, 1.54) is 0 Å². The zero-order valence-electron chi connectivity index (χ0n) is 11.4. The molecule has 0 aliphatic heterocycles. The van der Waals surface area contributed by atoms with Crippen LogP contribution in [0.3, 0.4) is 0 Å². The molecule has 0 saturated heterocycles. The summed E-state index contributed by atoms with van der Waals surface area (Å²) in [4.78, 5) is 22.7. The van der Waals surface area contributed by atoms with E-state index in [1.54, 1.807) is 6.07 Å². The molecule has 0 heterocycles. The van der Waals surface area contributed by atoms with E-state index >= 15 is 0 Å². The Morgan fingerprint density at radius 2 is 1.80 bits per heavy atom. The molecule has 0 amide bonds. The number of carbonyl (C=O) groups excluding carboxylic acids is 2. The van der Waals surface area contributed by atoms with Gasteiger partial charge in [0, 0.05) is 0 Å². The van der Waals surface area contributed by atoms with Gasteiger partial charge in [-0.15, -0.1) is 0 Å². The fourth-order valence-corrected chi connectivity index (χ4v) is 1.84. The molecule has 0 radical (unpaired) electrons. The van der Waals surface area contributed by atoms with Gasteiger partial charge in [0.25, 0.3) is 5.67 Å². The Labute approximate surface area is 116 Å². The smallest absolute Gasteiger partial charge is 0.351 e. The van der Waals surface area contributed by atoms with Gasteiger partial charge in [0.2, 0.25) is 0 Å². The van der Waals surface area contributed by atoms with Crippen LogP contribution in [-0.4, -0.2) is 17.4 Å². The van der Waals surface area contributed by atoms with E-state index in [1.807, 2.05) is 36.4 Å². The fraction of sp³-hybridized carbons (Fsp3) is 0.250. The molecule has 0 aliphatic rings. The number of benzene rings is 2. The number of ketones is 1. The Balaban J connectivity index is 2.18. The first-order valence-electron chi connectivity index (χ1n) is 6.26. The van der Waals surface area contributed by atoms with E-state index in [-0.39, 0.29) is 6.61 Å². The molecule has 0 aromatic heterocycles. The minimum Gasteiger partial charge on any atom is -0.458 e. The highest BCUT2D eigenvalue weighted by Gasteiger charge is 2.40. The number of hydrogen-bond donors (Lipinski definition) is 0. The van der Waals surface area contributed by atoms with Gasteiger partial charge in [-0.25, -0.2) is 9.18 Å². The zero-order valence-corrected chi connectivity index (χ0v) is 11.4. The van der Waals surface area contributed by atoms with Crippen LogP contribution in [0.25, 0.3) is 10.8 Å². The first-order chi connectivity index (χ1) is 9.43. The third kappa shape index (κ3) is 2.69. The van der Waals surface area contributed by atoms with Gasteiger partial charge >= 0.3 is 5.97 Å². The van der Waals surface area contributed by atoms with Gasteiger partial charge in [-0.2, -0.15) is 0 Å². The second-order valence-corrected chi connectivity index (χ2v) is 4.77. The molecule has 3 nitrogen and oxygen atoms in total. The summed E-state index contributed by atoms with van der Waals surface area (Å²) in [6, 6.07) is 13.2. The molecule has 0 bridgehead atoms. The topological polar surface area (TPSA) is 43.4 Å². The van der Waals surface area contributed by atoms with E-state index in [0.29, 0.717) is 0 Å². The lowest BCUT2D eigenvalue weighted by Crippen LogP contribution is -2.39. The number of rotatable bonds is 4. The molecule has 0 fully saturated rings. The maximum absolute atomic E-state index is 13.8. The summed E-state index contributed by atoms with van der Waals surface area (Å²) in [5, 5.41) is 1.95. The highest BCUT2D eigenvalue weighted by Crippen LogP contribution is 2.21. The number of alkyl halides is 1. The van der Waals surface area contributed by atoms with Crippen molar-refractivity contribution in [2.24, 2.45) is 0 Å². The van der Waals surface area contributed by atoms with Crippen LogP contribution >= 0.6 is 0 Å². The summed E-state index contributed by atoms with van der Waals surface area (Å²) in [5.41, 5.74) is -1.82. The van der Waals surface area contributed by atoms with Crippen molar-refractivity contribution in [3.63, 3.8) is 0 Å². The van der Waals surface area contributed by atoms with Crippen molar-refractivity contribution >= 4 is 22.5 Å². The van der Waals surface area contributed by atoms with Crippen molar-refractivity contribution in [1.29, 1.82) is 0 Å². The summed E-state index contributed by atoms with van der Waals surface area (Å²) in [6.07, 6.45) is 0. The highest BCUT2D eigenvalue weighted by atomic mass is 19.1. The lowest BCUT2D eigenvalue weighted by molar-refractivity contribution is -0.161. The number of Topliss-reactive ketones (excluding diaryl/α,β-unsaturated/α-hetero) is 1. The molecule has 0 spiro atoms. The number of hydrogen-bond acceptors (Lipinski definition) is 3. The van der Waals surface area contributed by atoms with Crippen LogP contribution < -0.4 is 0 Å². The van der Waals surface area contributed by atoms with Gasteiger partial charge in [0.1, 0.15) is 6.61 Å². The van der Waals surface area contributed by atoms with Gasteiger partial charge in [-0.05, 0) is 30.2 Å². The maximum atomic E-state index is 13.8. The van der Waals surface area contributed by atoms with Crippen LogP contribution in [0.15, 0.2) is 42.5 Å². The summed E-state index contributed by atoms with van der Waals surface area (Å²) in [5.74, 6) is -2.02. The SMILES string of the molecule is CC(=O)C(C)(F)C(=O)OCc1cccc2ccccc12. The van der Waals surface area contributed by atoms with Gasteiger partial charge in [-0.3, -0.25) is 4.79 Å². The molecule has 0 aliphatic carbocycles. The Hall–Kier alpha value is -2.23. The van der Waals surface area contributed by atoms with Crippen LogP contribution in [0.4, 0.5) is 4.39 Å². The standard InChI is InChI=1S/C16H15FO3/c1-11(18)16(2,17)15(19)20-10-13-8-5-7-12-6-3-4-9-14(12)13/h3-9H,10H2,1-2H3. The average molecular weight is 274 g/mol. The highest BCUT2D eigenvalue weighted by molar-refractivity contribution is 6.05. The molecule has 0 N–H and O–H groups in total. The van der Waals surface area contributed by atoms with Crippen LogP contribution in [0.5, 0.6) is 0 Å². The molecule has 104 valence electrons. The number of esters is 1. The molecule has 4 heteroatoms. The number of halogens is 1. The second-order valence-electron chi connectivity index (χ2n) is 4.77. The minimum atomic E-state index is -2.59. The molecule has 0 saturated carbocycles. The van der Waals surface area contributed by atoms with Gasteiger partial charge < -0.3 is 4.74 Å². The van der Waals surface area contributed by atoms with Crippen molar-refractivity contribution in [3.8, 4) is 0 Å². The molecular weight excluding hydrogens is 259 g/mol. The number of fused-ring (bicyclic) bond motifs is 1. The summed E-state index contributed by atoms with van der Waals surface area (Å²) < 4.78 is 18.7. The van der Waals surface area contributed by atoms with Crippen LogP contribution in [0.2, 0.25) is 0 Å². The van der Waals surface area contributed by atoms with Crippen LogP contribution in [0.1, 0.15) is 19.4 Å². The normalized spacial score (nSPS) is 13.8. The molecular formula is C16H15FO3. The van der Waals surface area contributed by atoms with Crippen molar-refractivity contribution in [1.82, 2.24) is 0 Å². The third-order valence-electron chi connectivity index (χ3n) is 3.28. The summed E-state index contributed by atoms with van der Waals surface area (Å²) in [6.45, 7) is 1.88. The quantitative estimate of drug-likeness (QED) is 0.635. The van der Waals surface area contributed by atoms with E-state index in [2.05, 4.69) is 0 Å². The maximum Gasteiger partial charge on any atom is 0.351 e. The predicted octanol–water partition coefficient (Wildman–Crippen LogP) is 3.20. The van der Waals surface area contributed by atoms with E-state index < -0.39 is 17.4 Å². The molecule has 2 rings (SSSR count). The second kappa shape index (κ2) is 5.41. The van der Waals surface area contributed by atoms with Crippen molar-refractivity contribution in [3.05, 3.63) is 48.0 Å². The lowest BCUT2D eigenvalue weighted by atomic mass is 10.0. The Morgan fingerprint density at radius 3 is 2.50 bits per heavy atom. The van der Waals surface area contributed by atoms with Gasteiger partial charge in [-0.1, -0.05) is 42.5 Å². The van der Waals surface area contributed by atoms with E-state index in [0.717, 1.165) is 30.2 Å². The van der Waals surface area contributed by atoms with E-state index in [9.17, 15) is 14.0 Å². The number of carbonyl (C=O) groups is 2. The number of ether oxygens (including phenoxy) is 1. The molecule has 1 unspecified atom stereocenters. The third-order valence-corrected chi connectivity index (χ3v) is 3.28. The van der Waals surface area contributed by atoms with Crippen molar-refractivity contribution < 1.29 is 18.7 Å². The molecule has 2 aromatic carbocycles. The zero-order chi connectivity index (χ0) is 14.8. The van der Waals surface area contributed by atoms with E-state index in [4.69, 9.17) is 4.74 Å². The Morgan fingerprint density at radius 1 is 1.15 bits per heavy atom. The first kappa shape index (κ1) is 14.2. The molecule has 2 aromatic rings. The van der Waals surface area contributed by atoms with Crippen LogP contribution in [-0.2, 0) is 20.9 Å². The van der Waals surface area contributed by atoms with Crippen LogP contribution in [0, 0.1) is 0 Å². The van der Waals surface area contributed by atoms with Gasteiger partial charge in [0.05, 0.1) is 0 Å². The van der Waals surface area contributed by atoms with Gasteiger partial charge in [0.15, 0.2) is 5.78 Å². The average Bonchev–Trinajstić information content (AvgIpc) is 2.44. The lowest BCUT2D eigenvalue weighted by Gasteiger charge is -2.16. The molecule has 20 heavy (non-hydrogen) atoms. The monoisotopic (exact) mass is 274 g/mol. The largest absolute Gasteiger partial charge is 0.458 e. The molecule has 1 atom stereocenters. The Kier molecular flexibility index (Phi) is 3.84. The van der Waals surface area contributed by atoms with Crippen molar-refractivity contribution in [2.75, 3.05) is 0 Å². The summed E-state index contributed by atoms with van der Waals surface area (Å²) in [7, 11) is 0.